The Morgan fingerprint density at radius 2 is 2.00 bits per heavy atom. The summed E-state index contributed by atoms with van der Waals surface area (Å²) in [6.45, 7) is 0.928. The van der Waals surface area contributed by atoms with Crippen molar-refractivity contribution in [2.24, 2.45) is 0 Å². The molecule has 3 N–H and O–H groups in total. The Balaban J connectivity index is 2.28. The van der Waals surface area contributed by atoms with Crippen molar-refractivity contribution >= 4 is 0 Å². The van der Waals surface area contributed by atoms with Gasteiger partial charge in [-0.1, -0.05) is 6.07 Å². The largest absolute Gasteiger partial charge is 0.504 e. The van der Waals surface area contributed by atoms with Crippen molar-refractivity contribution < 1.29 is 10.2 Å². The first-order chi connectivity index (χ1) is 6.68. The molecule has 0 spiro atoms. The van der Waals surface area contributed by atoms with Crippen LogP contribution in [0.4, 0.5) is 0 Å². The highest BCUT2D eigenvalue weighted by Gasteiger charge is 2.43. The van der Waals surface area contributed by atoms with Gasteiger partial charge in [0.25, 0.3) is 0 Å². The van der Waals surface area contributed by atoms with Gasteiger partial charge in [-0.25, -0.2) is 0 Å². The molecule has 0 unspecified atom stereocenters. The van der Waals surface area contributed by atoms with Crippen molar-refractivity contribution in [3.63, 3.8) is 0 Å². The lowest BCUT2D eigenvalue weighted by Gasteiger charge is -2.15. The third-order valence-corrected chi connectivity index (χ3v) is 2.96. The molecule has 0 aromatic heterocycles. The van der Waals surface area contributed by atoms with Crippen LogP contribution in [0.2, 0.25) is 0 Å². The van der Waals surface area contributed by atoms with Gasteiger partial charge in [-0.15, -0.1) is 0 Å². The Morgan fingerprint density at radius 3 is 2.50 bits per heavy atom. The van der Waals surface area contributed by atoms with E-state index in [0.717, 1.165) is 24.9 Å². The molecule has 76 valence electrons. The molecule has 1 aliphatic carbocycles. The van der Waals surface area contributed by atoms with Gasteiger partial charge in [0.15, 0.2) is 11.5 Å². The zero-order chi connectivity index (χ0) is 10.2. The van der Waals surface area contributed by atoms with E-state index in [4.69, 9.17) is 0 Å². The van der Waals surface area contributed by atoms with Crippen LogP contribution in [0.1, 0.15) is 18.4 Å². The minimum absolute atomic E-state index is 0.0233. The van der Waals surface area contributed by atoms with E-state index in [1.807, 2.05) is 13.1 Å². The number of benzene rings is 1. The third kappa shape index (κ3) is 1.44. The molecule has 0 bridgehead atoms. The highest BCUT2D eigenvalue weighted by molar-refractivity contribution is 5.45. The number of nitrogens with one attached hydrogen (secondary N) is 1. The van der Waals surface area contributed by atoms with E-state index in [9.17, 15) is 10.2 Å². The molecule has 1 saturated carbocycles. The minimum Gasteiger partial charge on any atom is -0.504 e. The summed E-state index contributed by atoms with van der Waals surface area (Å²) in [5.41, 5.74) is 1.31. The quantitative estimate of drug-likeness (QED) is 0.635. The predicted octanol–water partition coefficient (Wildman–Crippen LogP) is 1.35. The smallest absolute Gasteiger partial charge is 0.157 e. The van der Waals surface area contributed by atoms with Crippen LogP contribution in [0.3, 0.4) is 0 Å². The lowest BCUT2D eigenvalue weighted by atomic mass is 9.95. The number of hydrogen-bond acceptors (Lipinski definition) is 3. The highest BCUT2D eigenvalue weighted by Crippen LogP contribution is 2.48. The average molecular weight is 193 g/mol. The fraction of sp³-hybridized carbons (Fsp3) is 0.455. The van der Waals surface area contributed by atoms with Crippen LogP contribution in [0.15, 0.2) is 18.2 Å². The van der Waals surface area contributed by atoms with Gasteiger partial charge in [0.2, 0.25) is 0 Å². The molecule has 0 heterocycles. The number of phenolic OH excluding ortho intramolecular Hbond substituents is 2. The molecule has 1 aromatic rings. The first-order valence-corrected chi connectivity index (χ1v) is 4.85. The molecule has 3 heteroatoms. The summed E-state index contributed by atoms with van der Waals surface area (Å²) >= 11 is 0. The highest BCUT2D eigenvalue weighted by atomic mass is 16.3. The fourth-order valence-electron chi connectivity index (χ4n) is 1.91. The minimum atomic E-state index is -0.0472. The molecule has 0 amide bonds. The maximum atomic E-state index is 9.39. The van der Waals surface area contributed by atoms with E-state index < -0.39 is 0 Å². The number of phenols is 2. The molecule has 1 fully saturated rings. The monoisotopic (exact) mass is 193 g/mol. The maximum Gasteiger partial charge on any atom is 0.157 e. The van der Waals surface area contributed by atoms with Gasteiger partial charge in [-0.05, 0) is 37.6 Å². The summed E-state index contributed by atoms with van der Waals surface area (Å²) in [6, 6.07) is 5.11. The Kier molecular flexibility index (Phi) is 2.11. The summed E-state index contributed by atoms with van der Waals surface area (Å²) in [5.74, 6) is -0.0705. The van der Waals surface area contributed by atoms with Crippen LogP contribution in [-0.4, -0.2) is 23.8 Å². The zero-order valence-electron chi connectivity index (χ0n) is 8.25. The molecular weight excluding hydrogens is 178 g/mol. The SMILES string of the molecule is CNCC1(c2ccc(O)c(O)c2)CC1. The molecule has 14 heavy (non-hydrogen) atoms. The molecule has 1 aromatic carbocycles. The van der Waals surface area contributed by atoms with E-state index in [0.29, 0.717) is 0 Å². The Morgan fingerprint density at radius 1 is 1.29 bits per heavy atom. The molecule has 2 rings (SSSR count). The Bertz CT molecular complexity index is 345. The average Bonchev–Trinajstić information content (AvgIpc) is 2.91. The van der Waals surface area contributed by atoms with Gasteiger partial charge < -0.3 is 15.5 Å². The standard InChI is InChI=1S/C11H15NO2/c1-12-7-11(4-5-11)8-2-3-9(13)10(14)6-8/h2-3,6,12-14H,4-5,7H2,1H3. The van der Waals surface area contributed by atoms with Crippen LogP contribution in [0.25, 0.3) is 0 Å². The summed E-state index contributed by atoms with van der Waals surface area (Å²) in [4.78, 5) is 0. The molecule has 1 aliphatic rings. The second-order valence-electron chi connectivity index (χ2n) is 4.01. The number of hydrogen-bond donors (Lipinski definition) is 3. The van der Waals surface area contributed by atoms with Crippen molar-refractivity contribution in [3.05, 3.63) is 23.8 Å². The number of aromatic hydroxyl groups is 2. The van der Waals surface area contributed by atoms with E-state index >= 15 is 0 Å². The van der Waals surface area contributed by atoms with E-state index in [2.05, 4.69) is 5.32 Å². The maximum absolute atomic E-state index is 9.39. The van der Waals surface area contributed by atoms with Crippen molar-refractivity contribution in [3.8, 4) is 11.5 Å². The second kappa shape index (κ2) is 3.17. The van der Waals surface area contributed by atoms with E-state index in [1.54, 1.807) is 12.1 Å². The molecular formula is C11H15NO2. The normalized spacial score (nSPS) is 18.1. The third-order valence-electron chi connectivity index (χ3n) is 2.96. The summed E-state index contributed by atoms with van der Waals surface area (Å²) in [5, 5.41) is 21.7. The van der Waals surface area contributed by atoms with Crippen LogP contribution < -0.4 is 5.32 Å². The predicted molar refractivity (Wildman–Crippen MR) is 54.6 cm³/mol. The van der Waals surface area contributed by atoms with Gasteiger partial charge >= 0.3 is 0 Å². The summed E-state index contributed by atoms with van der Waals surface area (Å²) in [6.07, 6.45) is 2.30. The van der Waals surface area contributed by atoms with Gasteiger partial charge in [0, 0.05) is 12.0 Å². The van der Waals surface area contributed by atoms with Crippen LogP contribution in [0.5, 0.6) is 11.5 Å². The first kappa shape index (κ1) is 9.34. The van der Waals surface area contributed by atoms with Crippen molar-refractivity contribution in [2.45, 2.75) is 18.3 Å². The van der Waals surface area contributed by atoms with E-state index in [1.165, 1.54) is 0 Å². The Hall–Kier alpha value is -1.22. The first-order valence-electron chi connectivity index (χ1n) is 4.85. The number of likely N-dealkylation sites (N-methyl/N-ethyl adjacent to an activating group) is 1. The van der Waals surface area contributed by atoms with Crippen LogP contribution >= 0.6 is 0 Å². The zero-order valence-corrected chi connectivity index (χ0v) is 8.25. The molecule has 0 aliphatic heterocycles. The van der Waals surface area contributed by atoms with Crippen molar-refractivity contribution in [2.75, 3.05) is 13.6 Å². The van der Waals surface area contributed by atoms with Gasteiger partial charge in [-0.3, -0.25) is 0 Å². The summed E-state index contributed by atoms with van der Waals surface area (Å²) in [7, 11) is 1.93. The molecule has 0 atom stereocenters. The molecule has 3 nitrogen and oxygen atoms in total. The lowest BCUT2D eigenvalue weighted by Crippen LogP contribution is -2.23. The fourth-order valence-corrected chi connectivity index (χ4v) is 1.91. The van der Waals surface area contributed by atoms with Crippen LogP contribution in [-0.2, 0) is 5.41 Å². The number of rotatable bonds is 3. The van der Waals surface area contributed by atoms with Crippen molar-refractivity contribution in [1.29, 1.82) is 0 Å². The van der Waals surface area contributed by atoms with Gasteiger partial charge in [-0.2, -0.15) is 0 Å². The molecule has 0 radical (unpaired) electrons. The summed E-state index contributed by atoms with van der Waals surface area (Å²) < 4.78 is 0. The van der Waals surface area contributed by atoms with Crippen molar-refractivity contribution in [1.82, 2.24) is 5.32 Å². The van der Waals surface area contributed by atoms with Gasteiger partial charge in [0.05, 0.1) is 0 Å². The topological polar surface area (TPSA) is 52.5 Å². The molecule has 0 saturated heterocycles. The van der Waals surface area contributed by atoms with Crippen LogP contribution in [0, 0.1) is 0 Å². The second-order valence-corrected chi connectivity index (χ2v) is 4.01. The van der Waals surface area contributed by atoms with Gasteiger partial charge in [0.1, 0.15) is 0 Å². The van der Waals surface area contributed by atoms with E-state index in [-0.39, 0.29) is 16.9 Å². The lowest BCUT2D eigenvalue weighted by molar-refractivity contribution is 0.402. The Labute approximate surface area is 83.4 Å².